The summed E-state index contributed by atoms with van der Waals surface area (Å²) in [6.45, 7) is 14.5. The molecular formula is C30H36N8O. The number of pyridine rings is 3. The number of rotatable bonds is 7. The molecule has 1 N–H and O–H groups in total. The minimum atomic E-state index is -0.129. The molecule has 9 heteroatoms. The highest BCUT2D eigenvalue weighted by Gasteiger charge is 2.21. The van der Waals surface area contributed by atoms with E-state index in [2.05, 4.69) is 74.7 Å². The number of nitrogens with zero attached hydrogens (tertiary/aromatic N) is 7. The van der Waals surface area contributed by atoms with Crippen LogP contribution in [0.2, 0.25) is 0 Å². The second-order valence-corrected chi connectivity index (χ2v) is 11.4. The topological polar surface area (TPSA) is 100 Å². The number of carbonyl (C=O) groups excluding carboxylic acids is 1. The number of piperazine rings is 1. The van der Waals surface area contributed by atoms with Gasteiger partial charge in [0.2, 0.25) is 0 Å². The number of ketones is 1. The third kappa shape index (κ3) is 6.54. The van der Waals surface area contributed by atoms with E-state index in [1.165, 1.54) is 0 Å². The fraction of sp³-hybridized carbons (Fsp3) is 0.400. The van der Waals surface area contributed by atoms with Crippen LogP contribution in [0.3, 0.4) is 0 Å². The zero-order valence-corrected chi connectivity index (χ0v) is 23.3. The molecule has 202 valence electrons. The van der Waals surface area contributed by atoms with Crippen molar-refractivity contribution in [2.24, 2.45) is 0 Å². The zero-order chi connectivity index (χ0) is 27.6. The van der Waals surface area contributed by atoms with E-state index in [0.29, 0.717) is 34.5 Å². The molecular weight excluding hydrogens is 488 g/mol. The third-order valence-electron chi connectivity index (χ3n) is 6.84. The smallest absolute Gasteiger partial charge is 0.169 e. The predicted molar refractivity (Wildman–Crippen MR) is 155 cm³/mol. The quantitative estimate of drug-likeness (QED) is 0.346. The van der Waals surface area contributed by atoms with Gasteiger partial charge in [0.05, 0.1) is 24.5 Å². The largest absolute Gasteiger partial charge is 0.364 e. The van der Waals surface area contributed by atoms with Crippen LogP contribution in [0.15, 0.2) is 55.2 Å². The highest BCUT2D eigenvalue weighted by Crippen LogP contribution is 2.23. The van der Waals surface area contributed by atoms with Crippen LogP contribution in [-0.2, 0) is 6.42 Å². The van der Waals surface area contributed by atoms with Gasteiger partial charge in [0, 0.05) is 73.0 Å². The number of Topliss-reactive ketones (excluding diaryl/α,β-unsaturated/α-hetero) is 1. The first-order valence-electron chi connectivity index (χ1n) is 13.5. The molecule has 0 atom stereocenters. The Balaban J connectivity index is 1.32. The van der Waals surface area contributed by atoms with Gasteiger partial charge in [0.15, 0.2) is 5.78 Å². The summed E-state index contributed by atoms with van der Waals surface area (Å²) in [7, 11) is 0. The highest BCUT2D eigenvalue weighted by atomic mass is 16.1. The summed E-state index contributed by atoms with van der Waals surface area (Å²) in [6, 6.07) is 8.16. The number of hydrogen-bond acceptors (Lipinski definition) is 9. The number of hydrogen-bond donors (Lipinski definition) is 1. The zero-order valence-electron chi connectivity index (χ0n) is 23.3. The maximum Gasteiger partial charge on any atom is 0.169 e. The summed E-state index contributed by atoms with van der Waals surface area (Å²) in [6.07, 6.45) is 8.90. The molecule has 0 saturated carbocycles. The molecule has 0 unspecified atom stereocenters. The Kier molecular flexibility index (Phi) is 7.52. The van der Waals surface area contributed by atoms with Gasteiger partial charge in [-0.2, -0.15) is 0 Å². The molecule has 1 aliphatic rings. The molecule has 1 saturated heterocycles. The molecule has 1 aliphatic heterocycles. The normalized spacial score (nSPS) is 14.7. The van der Waals surface area contributed by atoms with E-state index in [9.17, 15) is 4.79 Å². The molecule has 4 aromatic heterocycles. The molecule has 0 aliphatic carbocycles. The summed E-state index contributed by atoms with van der Waals surface area (Å²) in [5.41, 5.74) is 2.63. The molecule has 0 spiro atoms. The number of fused-ring (bicyclic) bond motifs is 1. The lowest BCUT2D eigenvalue weighted by Gasteiger charge is -2.37. The van der Waals surface area contributed by atoms with Gasteiger partial charge in [0.25, 0.3) is 0 Å². The molecule has 9 nitrogen and oxygen atoms in total. The summed E-state index contributed by atoms with van der Waals surface area (Å²) < 4.78 is 0. The minimum absolute atomic E-state index is 0.0208. The van der Waals surface area contributed by atoms with Crippen LogP contribution < -0.4 is 10.2 Å². The monoisotopic (exact) mass is 524 g/mol. The van der Waals surface area contributed by atoms with Crippen molar-refractivity contribution in [1.29, 1.82) is 0 Å². The summed E-state index contributed by atoms with van der Waals surface area (Å²) in [4.78, 5) is 40.6. The van der Waals surface area contributed by atoms with Crippen molar-refractivity contribution in [1.82, 2.24) is 29.8 Å². The number of anilines is 2. The number of nitrogens with one attached hydrogen (secondary N) is 1. The predicted octanol–water partition coefficient (Wildman–Crippen LogP) is 4.65. The van der Waals surface area contributed by atoms with E-state index in [1.807, 2.05) is 18.2 Å². The summed E-state index contributed by atoms with van der Waals surface area (Å²) in [5.74, 6) is 1.57. The summed E-state index contributed by atoms with van der Waals surface area (Å²) >= 11 is 0. The van der Waals surface area contributed by atoms with Crippen molar-refractivity contribution in [3.63, 3.8) is 0 Å². The average Bonchev–Trinajstić information content (AvgIpc) is 2.92. The molecule has 5 heterocycles. The summed E-state index contributed by atoms with van der Waals surface area (Å²) in [5, 5.41) is 5.20. The lowest BCUT2D eigenvalue weighted by molar-refractivity contribution is 0.0992. The van der Waals surface area contributed by atoms with Gasteiger partial charge in [0.1, 0.15) is 17.3 Å². The van der Waals surface area contributed by atoms with Crippen LogP contribution in [-0.4, -0.2) is 73.4 Å². The second-order valence-electron chi connectivity index (χ2n) is 11.4. The van der Waals surface area contributed by atoms with E-state index in [0.717, 1.165) is 42.8 Å². The average molecular weight is 525 g/mol. The highest BCUT2D eigenvalue weighted by molar-refractivity contribution is 5.98. The van der Waals surface area contributed by atoms with Crippen molar-refractivity contribution in [3.8, 4) is 11.4 Å². The van der Waals surface area contributed by atoms with Crippen LogP contribution in [0, 0.1) is 0 Å². The van der Waals surface area contributed by atoms with Crippen molar-refractivity contribution in [2.45, 2.75) is 52.6 Å². The third-order valence-corrected chi connectivity index (χ3v) is 6.84. The Labute approximate surface area is 229 Å². The van der Waals surface area contributed by atoms with Crippen molar-refractivity contribution in [3.05, 3.63) is 66.5 Å². The Bertz CT molecular complexity index is 1470. The number of carbonyl (C=O) groups is 1. The van der Waals surface area contributed by atoms with Gasteiger partial charge < -0.3 is 10.2 Å². The van der Waals surface area contributed by atoms with Crippen molar-refractivity contribution >= 4 is 28.2 Å². The standard InChI is InChI=1S/C30H36N8O/c1-20(2)37-8-10-38(11-9-37)29-14-21(6-7-32-29)27(39)15-24-12-22-13-25(34-17-23(22)16-33-24)26-18-31-19-28(35-26)36-30(3,4)5/h6-7,12-14,16-20H,8-11,15H2,1-5H3,(H,35,36). The second kappa shape index (κ2) is 11.0. The lowest BCUT2D eigenvalue weighted by Crippen LogP contribution is -2.49. The Hall–Kier alpha value is -3.98. The van der Waals surface area contributed by atoms with Gasteiger partial charge in [-0.05, 0) is 64.3 Å². The molecule has 0 bridgehead atoms. The van der Waals surface area contributed by atoms with Crippen LogP contribution in [0.4, 0.5) is 11.6 Å². The van der Waals surface area contributed by atoms with Gasteiger partial charge in [-0.15, -0.1) is 0 Å². The maximum atomic E-state index is 13.2. The van der Waals surface area contributed by atoms with Crippen molar-refractivity contribution in [2.75, 3.05) is 36.4 Å². The van der Waals surface area contributed by atoms with Crippen molar-refractivity contribution < 1.29 is 4.79 Å². The van der Waals surface area contributed by atoms with Crippen LogP contribution >= 0.6 is 0 Å². The van der Waals surface area contributed by atoms with Gasteiger partial charge >= 0.3 is 0 Å². The molecule has 5 rings (SSSR count). The van der Waals surface area contributed by atoms with Gasteiger partial charge in [-0.3, -0.25) is 24.6 Å². The first-order chi connectivity index (χ1) is 18.6. The molecule has 1 fully saturated rings. The minimum Gasteiger partial charge on any atom is -0.364 e. The number of aromatic nitrogens is 5. The fourth-order valence-corrected chi connectivity index (χ4v) is 4.75. The molecule has 0 radical (unpaired) electrons. The molecule has 39 heavy (non-hydrogen) atoms. The molecule has 0 aromatic carbocycles. The van der Waals surface area contributed by atoms with E-state index >= 15 is 0 Å². The molecule has 4 aromatic rings. The van der Waals surface area contributed by atoms with E-state index in [-0.39, 0.29) is 17.7 Å². The van der Waals surface area contributed by atoms with Crippen LogP contribution in [0.1, 0.15) is 50.7 Å². The SMILES string of the molecule is CC(C)N1CCN(c2cc(C(=O)Cc3cc4cc(-c5cncc(NC(C)(C)C)n5)ncc4cn3)ccn2)CC1. The fourth-order valence-electron chi connectivity index (χ4n) is 4.75. The Morgan fingerprint density at radius 2 is 1.69 bits per heavy atom. The first kappa shape index (κ1) is 26.6. The molecule has 0 amide bonds. The van der Waals surface area contributed by atoms with E-state index in [1.54, 1.807) is 37.1 Å². The maximum absolute atomic E-state index is 13.2. The van der Waals surface area contributed by atoms with Crippen LogP contribution in [0.25, 0.3) is 22.2 Å². The van der Waals surface area contributed by atoms with Gasteiger partial charge in [-0.25, -0.2) is 9.97 Å². The Morgan fingerprint density at radius 1 is 0.923 bits per heavy atom. The van der Waals surface area contributed by atoms with Crippen LogP contribution in [0.5, 0.6) is 0 Å². The van der Waals surface area contributed by atoms with E-state index in [4.69, 9.17) is 0 Å². The van der Waals surface area contributed by atoms with Gasteiger partial charge in [-0.1, -0.05) is 0 Å². The Morgan fingerprint density at radius 3 is 2.44 bits per heavy atom. The lowest BCUT2D eigenvalue weighted by atomic mass is 10.1. The first-order valence-corrected chi connectivity index (χ1v) is 13.5. The van der Waals surface area contributed by atoms with E-state index < -0.39 is 0 Å².